The lowest BCUT2D eigenvalue weighted by Gasteiger charge is -2.14. The van der Waals surface area contributed by atoms with Crippen LogP contribution in [0.4, 0.5) is 13.2 Å². The maximum atomic E-state index is 11.6. The molecule has 50 valence electrons. The summed E-state index contributed by atoms with van der Waals surface area (Å²) in [7, 11) is 0. The van der Waals surface area contributed by atoms with E-state index in [1.54, 1.807) is 15.9 Å². The molecule has 0 amide bonds. The SMILES string of the molecule is OC(F)(F)C(F)(Cl)Br. The van der Waals surface area contributed by atoms with Crippen molar-refractivity contribution in [3.8, 4) is 0 Å². The highest BCUT2D eigenvalue weighted by Crippen LogP contribution is 2.39. The first-order valence-corrected chi connectivity index (χ1v) is 2.59. The lowest BCUT2D eigenvalue weighted by Crippen LogP contribution is -2.32. The van der Waals surface area contributed by atoms with Gasteiger partial charge in [0.2, 0.25) is 0 Å². The largest absolute Gasteiger partial charge is 0.411 e. The minimum atomic E-state index is -4.55. The van der Waals surface area contributed by atoms with E-state index in [4.69, 9.17) is 5.11 Å². The predicted octanol–water partition coefficient (Wildman–Crippen LogP) is 1.83. The van der Waals surface area contributed by atoms with Crippen molar-refractivity contribution in [1.82, 2.24) is 0 Å². The minimum absolute atomic E-state index is 1.70. The zero-order valence-electron chi connectivity index (χ0n) is 3.34. The molecule has 0 aliphatic rings. The number of hydrogen-bond donors (Lipinski definition) is 1. The van der Waals surface area contributed by atoms with Crippen molar-refractivity contribution in [1.29, 1.82) is 0 Å². The molecule has 1 unspecified atom stereocenters. The Balaban J connectivity index is 4.02. The molecule has 0 rings (SSSR count). The summed E-state index contributed by atoms with van der Waals surface area (Å²) in [5.74, 6) is 0. The molecular formula is C2HBrClF3O. The van der Waals surface area contributed by atoms with Crippen molar-refractivity contribution in [2.45, 2.75) is 10.1 Å². The number of hydrogen-bond acceptors (Lipinski definition) is 1. The molecule has 8 heavy (non-hydrogen) atoms. The van der Waals surface area contributed by atoms with Crippen LogP contribution < -0.4 is 0 Å². The maximum Gasteiger partial charge on any atom is 0.411 e. The van der Waals surface area contributed by atoms with Crippen molar-refractivity contribution in [3.63, 3.8) is 0 Å². The predicted molar refractivity (Wildman–Crippen MR) is 25.8 cm³/mol. The van der Waals surface area contributed by atoms with E-state index in [0.29, 0.717) is 0 Å². The second kappa shape index (κ2) is 2.04. The molecule has 1 N–H and O–H groups in total. The number of aliphatic hydroxyl groups is 1. The summed E-state index contributed by atoms with van der Waals surface area (Å²) in [5.41, 5.74) is 0. The van der Waals surface area contributed by atoms with Gasteiger partial charge in [0.05, 0.1) is 0 Å². The Kier molecular flexibility index (Phi) is 2.17. The first-order valence-electron chi connectivity index (χ1n) is 1.42. The highest BCUT2D eigenvalue weighted by molar-refractivity contribution is 9.10. The van der Waals surface area contributed by atoms with Crippen LogP contribution in [0.2, 0.25) is 0 Å². The van der Waals surface area contributed by atoms with Crippen LogP contribution >= 0.6 is 27.5 Å². The Labute approximate surface area is 56.6 Å². The fourth-order valence-electron chi connectivity index (χ4n) is 0. The molecule has 0 aromatic rings. The standard InChI is InChI=1S/C2HBrClF3O/c3-1(4,5)2(6,7)8/h8H. The smallest absolute Gasteiger partial charge is 0.332 e. The average molecular weight is 213 g/mol. The Morgan fingerprint density at radius 3 is 1.50 bits per heavy atom. The van der Waals surface area contributed by atoms with Crippen molar-refractivity contribution >= 4 is 27.5 Å². The van der Waals surface area contributed by atoms with Crippen LogP contribution in [0.15, 0.2) is 0 Å². The van der Waals surface area contributed by atoms with Gasteiger partial charge in [-0.15, -0.1) is 0 Å². The van der Waals surface area contributed by atoms with E-state index in [9.17, 15) is 13.2 Å². The first kappa shape index (κ1) is 8.52. The second-order valence-electron chi connectivity index (χ2n) is 1.04. The van der Waals surface area contributed by atoms with Gasteiger partial charge in [-0.3, -0.25) is 0 Å². The quantitative estimate of drug-likeness (QED) is 0.659. The molecule has 0 saturated carbocycles. The zero-order valence-corrected chi connectivity index (χ0v) is 5.68. The van der Waals surface area contributed by atoms with Gasteiger partial charge in [-0.25, -0.2) is 4.39 Å². The van der Waals surface area contributed by atoms with E-state index in [1.165, 1.54) is 0 Å². The van der Waals surface area contributed by atoms with Gasteiger partial charge in [0.25, 0.3) is 0 Å². The second-order valence-corrected chi connectivity index (χ2v) is 3.11. The van der Waals surface area contributed by atoms with Crippen LogP contribution in [-0.4, -0.2) is 15.3 Å². The summed E-state index contributed by atoms with van der Waals surface area (Å²) in [6.07, 6.45) is -4.55. The minimum Gasteiger partial charge on any atom is -0.332 e. The van der Waals surface area contributed by atoms with Crippen LogP contribution in [0.1, 0.15) is 0 Å². The molecule has 0 fully saturated rings. The third kappa shape index (κ3) is 2.19. The van der Waals surface area contributed by atoms with E-state index >= 15 is 0 Å². The third-order valence-electron chi connectivity index (χ3n) is 0.341. The molecule has 1 atom stereocenters. The van der Waals surface area contributed by atoms with Gasteiger partial charge in [0, 0.05) is 0 Å². The summed E-state index contributed by atoms with van der Waals surface area (Å²) in [5, 5.41) is 7.47. The van der Waals surface area contributed by atoms with Crippen LogP contribution in [0, 0.1) is 0 Å². The number of halogens is 5. The third-order valence-corrected chi connectivity index (χ3v) is 1.05. The van der Waals surface area contributed by atoms with Gasteiger partial charge in [0.15, 0.2) is 0 Å². The molecule has 0 aromatic heterocycles. The molecule has 0 aromatic carbocycles. The van der Waals surface area contributed by atoms with Crippen molar-refractivity contribution in [2.24, 2.45) is 0 Å². The average Bonchev–Trinajstić information content (AvgIpc) is 1.25. The molecule has 0 spiro atoms. The van der Waals surface area contributed by atoms with Gasteiger partial charge < -0.3 is 5.11 Å². The maximum absolute atomic E-state index is 11.6. The van der Waals surface area contributed by atoms with Crippen molar-refractivity contribution in [2.75, 3.05) is 0 Å². The normalized spacial score (nSPS) is 20.2. The van der Waals surface area contributed by atoms with Gasteiger partial charge in [0.1, 0.15) is 0 Å². The van der Waals surface area contributed by atoms with Gasteiger partial charge in [-0.05, 0) is 15.9 Å². The van der Waals surface area contributed by atoms with E-state index < -0.39 is 10.1 Å². The summed E-state index contributed by atoms with van der Waals surface area (Å²) >= 11 is 5.96. The topological polar surface area (TPSA) is 20.2 Å². The number of alkyl halides is 5. The highest BCUT2D eigenvalue weighted by Gasteiger charge is 2.50. The molecule has 0 bridgehead atoms. The lowest BCUT2D eigenvalue weighted by atomic mass is 10.7. The fourth-order valence-corrected chi connectivity index (χ4v) is 0. The molecular weight excluding hydrogens is 212 g/mol. The van der Waals surface area contributed by atoms with Crippen LogP contribution in [-0.2, 0) is 0 Å². The van der Waals surface area contributed by atoms with Gasteiger partial charge in [-0.2, -0.15) is 8.78 Å². The van der Waals surface area contributed by atoms with Crippen molar-refractivity contribution < 1.29 is 18.3 Å². The van der Waals surface area contributed by atoms with E-state index in [2.05, 4.69) is 11.6 Å². The number of rotatable bonds is 1. The van der Waals surface area contributed by atoms with E-state index in [-0.39, 0.29) is 0 Å². The Morgan fingerprint density at radius 1 is 1.38 bits per heavy atom. The molecule has 0 aliphatic carbocycles. The molecule has 1 nitrogen and oxygen atoms in total. The van der Waals surface area contributed by atoms with Gasteiger partial charge >= 0.3 is 10.1 Å². The Morgan fingerprint density at radius 2 is 1.50 bits per heavy atom. The first-order chi connectivity index (χ1) is 3.25. The summed E-state index contributed by atoms with van der Waals surface area (Å²) in [6.45, 7) is 0. The van der Waals surface area contributed by atoms with Gasteiger partial charge in [-0.1, -0.05) is 11.6 Å². The molecule has 0 saturated heterocycles. The molecule has 0 radical (unpaired) electrons. The molecule has 0 aliphatic heterocycles. The zero-order chi connectivity index (χ0) is 7.00. The fraction of sp³-hybridized carbons (Fsp3) is 1.00. The summed E-state index contributed by atoms with van der Waals surface area (Å²) in [6, 6.07) is 0. The van der Waals surface area contributed by atoms with Crippen LogP contribution in [0.25, 0.3) is 0 Å². The summed E-state index contributed by atoms with van der Waals surface area (Å²) in [4.78, 5) is 0. The van der Waals surface area contributed by atoms with E-state index in [0.717, 1.165) is 0 Å². The van der Waals surface area contributed by atoms with Crippen LogP contribution in [0.5, 0.6) is 0 Å². The monoisotopic (exact) mass is 212 g/mol. The molecule has 0 heterocycles. The summed E-state index contributed by atoms with van der Waals surface area (Å²) < 4.78 is 30.5. The van der Waals surface area contributed by atoms with Crippen LogP contribution in [0.3, 0.4) is 0 Å². The highest BCUT2D eigenvalue weighted by atomic mass is 79.9. The van der Waals surface area contributed by atoms with E-state index in [1.807, 2.05) is 0 Å². The Bertz CT molecular complexity index is 72.3. The van der Waals surface area contributed by atoms with Crippen molar-refractivity contribution in [3.05, 3.63) is 0 Å². The Hall–Kier alpha value is 0.520. The lowest BCUT2D eigenvalue weighted by molar-refractivity contribution is -0.228. The molecule has 6 heteroatoms.